The second-order valence-corrected chi connectivity index (χ2v) is 13.0. The molecule has 0 aliphatic carbocycles. The largest absolute Gasteiger partial charge is 0.479 e. The number of ether oxygens (including phenoxy) is 1. The van der Waals surface area contributed by atoms with Crippen LogP contribution in [0.15, 0.2) is 50.7 Å². The molecule has 0 radical (unpaired) electrons. The summed E-state index contributed by atoms with van der Waals surface area (Å²) < 4.78 is 7.05. The normalized spacial score (nSPS) is 19.6. The monoisotopic (exact) mass is 607 g/mol. The molecule has 2 unspecified atom stereocenters. The van der Waals surface area contributed by atoms with Crippen molar-refractivity contribution in [2.45, 2.75) is 65.0 Å². The average Bonchev–Trinajstić information content (AvgIpc) is 3.45. The predicted molar refractivity (Wildman–Crippen MR) is 165 cm³/mol. The molecular weight excluding hydrogens is 566 g/mol. The topological polar surface area (TPSA) is 181 Å². The minimum atomic E-state index is -2.02. The number of carbonyl (C=O) groups excluding carboxylic acids is 2. The van der Waals surface area contributed by atoms with Crippen molar-refractivity contribution in [3.8, 4) is 0 Å². The van der Waals surface area contributed by atoms with E-state index in [-0.39, 0.29) is 22.2 Å². The second-order valence-electron chi connectivity index (χ2n) is 13.0. The molecule has 1 fully saturated rings. The standard InChI is InChI=1S/C31H41N7O6/c1-19-7-8-20(15-22(19)24(30(5,6)27(32)41)31(28(42)43)18-33-36-35-31)25(39)34-23-16-21(29(2,3)4)17-38(26(23)40)10-9-37-11-13-44-14-12-37/h7-8,15-18,24H,9-14H2,1-6H3,(H2,32,41)(H,34,39)(H,42,43). The summed E-state index contributed by atoms with van der Waals surface area (Å²) in [5.41, 5.74) is 3.78. The predicted octanol–water partition coefficient (Wildman–Crippen LogP) is 2.91. The van der Waals surface area contributed by atoms with Gasteiger partial charge in [0.15, 0.2) is 0 Å². The lowest BCUT2D eigenvalue weighted by atomic mass is 9.63. The van der Waals surface area contributed by atoms with Gasteiger partial charge in [0.25, 0.3) is 11.5 Å². The highest BCUT2D eigenvalue weighted by molar-refractivity contribution is 6.05. The quantitative estimate of drug-likeness (QED) is 0.371. The SMILES string of the molecule is Cc1ccc(C(=O)Nc2cc(C(C)(C)C)cn(CCN3CCOCC3)c2=O)cc1C(C(C)(C)C(N)=O)C1(C(=O)O)C=NN=N1. The van der Waals surface area contributed by atoms with E-state index in [1.807, 2.05) is 27.0 Å². The molecule has 4 N–H and O–H groups in total. The number of carbonyl (C=O) groups is 3. The van der Waals surface area contributed by atoms with E-state index in [2.05, 4.69) is 25.7 Å². The smallest absolute Gasteiger partial charge is 0.340 e. The lowest BCUT2D eigenvalue weighted by Gasteiger charge is -2.39. The van der Waals surface area contributed by atoms with Crippen LogP contribution in [0, 0.1) is 12.3 Å². The summed E-state index contributed by atoms with van der Waals surface area (Å²) >= 11 is 0. The van der Waals surface area contributed by atoms with E-state index < -0.39 is 34.7 Å². The van der Waals surface area contributed by atoms with Crippen LogP contribution in [0.25, 0.3) is 0 Å². The van der Waals surface area contributed by atoms with Gasteiger partial charge in [-0.1, -0.05) is 40.7 Å². The number of carboxylic acids is 1. The number of nitrogens with two attached hydrogens (primary N) is 1. The molecule has 44 heavy (non-hydrogen) atoms. The first-order valence-electron chi connectivity index (χ1n) is 14.5. The number of anilines is 1. The Morgan fingerprint density at radius 2 is 1.80 bits per heavy atom. The highest BCUT2D eigenvalue weighted by atomic mass is 16.5. The van der Waals surface area contributed by atoms with E-state index >= 15 is 0 Å². The molecule has 1 saturated heterocycles. The van der Waals surface area contributed by atoms with Gasteiger partial charge in [0.05, 0.1) is 24.8 Å². The first kappa shape index (κ1) is 32.7. The average molecular weight is 608 g/mol. The van der Waals surface area contributed by atoms with E-state index in [1.165, 1.54) is 19.9 Å². The number of aliphatic carboxylic acids is 1. The van der Waals surface area contributed by atoms with E-state index in [1.54, 1.807) is 29.7 Å². The van der Waals surface area contributed by atoms with Gasteiger partial charge < -0.3 is 25.5 Å². The van der Waals surface area contributed by atoms with Crippen LogP contribution < -0.4 is 16.6 Å². The highest BCUT2D eigenvalue weighted by Crippen LogP contribution is 2.47. The van der Waals surface area contributed by atoms with Crippen molar-refractivity contribution >= 4 is 29.7 Å². The lowest BCUT2D eigenvalue weighted by molar-refractivity contribution is -0.143. The number of aryl methyl sites for hydroxylation is 1. The van der Waals surface area contributed by atoms with Crippen molar-refractivity contribution in [3.63, 3.8) is 0 Å². The van der Waals surface area contributed by atoms with Gasteiger partial charge in [0.2, 0.25) is 11.4 Å². The van der Waals surface area contributed by atoms with E-state index in [0.29, 0.717) is 37.4 Å². The van der Waals surface area contributed by atoms with Gasteiger partial charge in [0.1, 0.15) is 5.69 Å². The molecule has 0 spiro atoms. The lowest BCUT2D eigenvalue weighted by Crippen LogP contribution is -2.53. The molecule has 2 atom stereocenters. The number of benzene rings is 1. The molecule has 4 rings (SSSR count). The molecule has 2 aromatic rings. The number of morpholine rings is 1. The van der Waals surface area contributed by atoms with Crippen LogP contribution in [0.5, 0.6) is 0 Å². The molecule has 2 aliphatic rings. The Labute approximate surface area is 256 Å². The van der Waals surface area contributed by atoms with Crippen LogP contribution in [-0.2, 0) is 26.3 Å². The van der Waals surface area contributed by atoms with Crippen LogP contribution in [0.4, 0.5) is 5.69 Å². The van der Waals surface area contributed by atoms with E-state index in [9.17, 15) is 24.3 Å². The summed E-state index contributed by atoms with van der Waals surface area (Å²) in [6, 6.07) is 6.43. The molecule has 13 nitrogen and oxygen atoms in total. The Kier molecular flexibility index (Phi) is 9.21. The number of amides is 2. The van der Waals surface area contributed by atoms with Gasteiger partial charge in [-0.15, -0.1) is 10.2 Å². The van der Waals surface area contributed by atoms with Gasteiger partial charge >= 0.3 is 5.97 Å². The minimum absolute atomic E-state index is 0.124. The van der Waals surface area contributed by atoms with Crippen LogP contribution in [0.2, 0.25) is 0 Å². The van der Waals surface area contributed by atoms with Crippen molar-refractivity contribution in [1.82, 2.24) is 9.47 Å². The Morgan fingerprint density at radius 3 is 2.36 bits per heavy atom. The molecule has 0 bridgehead atoms. The maximum Gasteiger partial charge on any atom is 0.340 e. The number of nitrogens with one attached hydrogen (secondary N) is 1. The van der Waals surface area contributed by atoms with Gasteiger partial charge in [0, 0.05) is 43.9 Å². The molecular formula is C31H41N7O6. The van der Waals surface area contributed by atoms with Crippen molar-refractivity contribution in [2.24, 2.45) is 26.6 Å². The Bertz CT molecular complexity index is 1550. The zero-order valence-electron chi connectivity index (χ0n) is 26.1. The van der Waals surface area contributed by atoms with Crippen LogP contribution in [-0.4, -0.2) is 77.0 Å². The van der Waals surface area contributed by atoms with Gasteiger partial charge in [-0.2, -0.15) is 0 Å². The van der Waals surface area contributed by atoms with E-state index in [0.717, 1.165) is 24.9 Å². The molecule has 0 saturated carbocycles. The molecule has 236 valence electrons. The first-order chi connectivity index (χ1) is 20.6. The maximum absolute atomic E-state index is 13.7. The van der Waals surface area contributed by atoms with Crippen molar-refractivity contribution in [1.29, 1.82) is 0 Å². The third-order valence-electron chi connectivity index (χ3n) is 8.47. The fourth-order valence-electron chi connectivity index (χ4n) is 5.57. The zero-order valence-corrected chi connectivity index (χ0v) is 26.1. The fraction of sp³-hybridized carbons (Fsp3) is 0.516. The summed E-state index contributed by atoms with van der Waals surface area (Å²) in [6.45, 7) is 14.8. The Morgan fingerprint density at radius 1 is 1.11 bits per heavy atom. The first-order valence-corrected chi connectivity index (χ1v) is 14.5. The number of hydrogen-bond donors (Lipinski definition) is 3. The van der Waals surface area contributed by atoms with Crippen molar-refractivity contribution in [2.75, 3.05) is 38.2 Å². The molecule has 13 heteroatoms. The zero-order chi connectivity index (χ0) is 32.4. The summed E-state index contributed by atoms with van der Waals surface area (Å²) in [5, 5.41) is 24.2. The van der Waals surface area contributed by atoms with Crippen LogP contribution >= 0.6 is 0 Å². The van der Waals surface area contributed by atoms with Gasteiger partial charge in [-0.25, -0.2) is 4.79 Å². The molecule has 2 amide bonds. The van der Waals surface area contributed by atoms with Gasteiger partial charge in [-0.05, 0) is 52.5 Å². The number of pyridine rings is 1. The fourth-order valence-corrected chi connectivity index (χ4v) is 5.57. The number of nitrogens with zero attached hydrogens (tertiary/aromatic N) is 5. The number of rotatable bonds is 10. The summed E-state index contributed by atoms with van der Waals surface area (Å²) in [4.78, 5) is 54.7. The third kappa shape index (κ3) is 6.48. The third-order valence-corrected chi connectivity index (χ3v) is 8.47. The Hall–Kier alpha value is -4.23. The van der Waals surface area contributed by atoms with Gasteiger partial charge in [-0.3, -0.25) is 19.3 Å². The summed E-state index contributed by atoms with van der Waals surface area (Å²) in [5.74, 6) is -3.86. The maximum atomic E-state index is 13.7. The highest BCUT2D eigenvalue weighted by Gasteiger charge is 2.57. The molecule has 1 aromatic carbocycles. The minimum Gasteiger partial charge on any atom is -0.479 e. The molecule has 1 aromatic heterocycles. The van der Waals surface area contributed by atoms with Crippen LogP contribution in [0.1, 0.15) is 67.6 Å². The Balaban J connectivity index is 1.73. The number of carboxylic acid groups (broad SMARTS) is 1. The number of hydrogen-bond acceptors (Lipinski definition) is 9. The second kappa shape index (κ2) is 12.4. The molecule has 2 aliphatic heterocycles. The van der Waals surface area contributed by atoms with Crippen molar-refractivity contribution < 1.29 is 24.2 Å². The molecule has 3 heterocycles. The number of aromatic nitrogens is 1. The number of primary amides is 1. The van der Waals surface area contributed by atoms with Crippen LogP contribution in [0.3, 0.4) is 0 Å². The van der Waals surface area contributed by atoms with E-state index in [4.69, 9.17) is 10.5 Å². The van der Waals surface area contributed by atoms with Crippen molar-refractivity contribution in [3.05, 3.63) is 63.1 Å². The summed E-state index contributed by atoms with van der Waals surface area (Å²) in [7, 11) is 0. The summed E-state index contributed by atoms with van der Waals surface area (Å²) in [6.07, 6.45) is 2.91.